The van der Waals surface area contributed by atoms with E-state index in [2.05, 4.69) is 53.8 Å². The summed E-state index contributed by atoms with van der Waals surface area (Å²) in [5, 5.41) is 0. The average molecular weight is 502 g/mol. The van der Waals surface area contributed by atoms with E-state index >= 15 is 0 Å². The Hall–Kier alpha value is -1.75. The lowest BCUT2D eigenvalue weighted by molar-refractivity contribution is -0.143. The van der Waals surface area contributed by atoms with Gasteiger partial charge >= 0.3 is 5.97 Å². The maximum absolute atomic E-state index is 11.4. The summed E-state index contributed by atoms with van der Waals surface area (Å²) in [5.74, 6) is 7.45. The molecule has 1 aromatic heterocycles. The summed E-state index contributed by atoms with van der Waals surface area (Å²) in [5.41, 5.74) is 4.16. The number of rotatable bonds is 9. The largest absolute Gasteiger partial charge is 0.493 e. The number of esters is 1. The van der Waals surface area contributed by atoms with Crippen LogP contribution in [0.15, 0.2) is 35.4 Å². The van der Waals surface area contributed by atoms with Gasteiger partial charge in [0.15, 0.2) is 0 Å². The van der Waals surface area contributed by atoms with E-state index in [9.17, 15) is 4.79 Å². The van der Waals surface area contributed by atoms with Crippen molar-refractivity contribution in [2.75, 3.05) is 32.0 Å². The monoisotopic (exact) mass is 501 g/mol. The molecule has 2 heterocycles. The Morgan fingerprint density at radius 1 is 1.18 bits per heavy atom. The molecule has 0 fully saturated rings. The number of hydrogen-bond acceptors (Lipinski definition) is 7. The van der Waals surface area contributed by atoms with E-state index in [1.807, 2.05) is 42.7 Å². The summed E-state index contributed by atoms with van der Waals surface area (Å²) in [4.78, 5) is 17.1. The fourth-order valence-corrected chi connectivity index (χ4v) is 6.35. The molecule has 1 aliphatic rings. The second-order valence-corrected chi connectivity index (χ2v) is 10.9. The molecule has 1 aromatic carbocycles. The highest BCUT2D eigenvalue weighted by Gasteiger charge is 2.37. The SMILES string of the molecule is CCOC(=O)CCCCc1ccc(C#Cc2cc3c(cc2SC)OCCC3(SC)SC)nc1. The Morgan fingerprint density at radius 3 is 2.67 bits per heavy atom. The molecule has 2 aromatic rings. The average Bonchev–Trinajstić information content (AvgIpc) is 2.85. The first kappa shape index (κ1) is 25.9. The van der Waals surface area contributed by atoms with Gasteiger partial charge < -0.3 is 9.47 Å². The van der Waals surface area contributed by atoms with E-state index < -0.39 is 0 Å². The highest BCUT2D eigenvalue weighted by atomic mass is 32.2. The van der Waals surface area contributed by atoms with Crippen molar-refractivity contribution in [2.24, 2.45) is 0 Å². The molecule has 0 saturated carbocycles. The lowest BCUT2D eigenvalue weighted by Crippen LogP contribution is -2.26. The molecule has 7 heteroatoms. The van der Waals surface area contributed by atoms with Gasteiger partial charge in [-0.2, -0.15) is 0 Å². The summed E-state index contributed by atoms with van der Waals surface area (Å²) in [7, 11) is 0. The van der Waals surface area contributed by atoms with Gasteiger partial charge in [-0.15, -0.1) is 35.3 Å². The van der Waals surface area contributed by atoms with Crippen molar-refractivity contribution >= 4 is 41.3 Å². The van der Waals surface area contributed by atoms with E-state index in [-0.39, 0.29) is 10.0 Å². The van der Waals surface area contributed by atoms with Gasteiger partial charge in [0.25, 0.3) is 0 Å². The van der Waals surface area contributed by atoms with Crippen LogP contribution >= 0.6 is 35.3 Å². The molecular formula is C26H31NO3S3. The molecule has 0 aliphatic carbocycles. The number of aryl methyl sites for hydroxylation is 1. The second-order valence-electron chi connectivity index (χ2n) is 7.62. The zero-order valence-electron chi connectivity index (χ0n) is 19.7. The zero-order valence-corrected chi connectivity index (χ0v) is 22.2. The highest BCUT2D eigenvalue weighted by Crippen LogP contribution is 2.53. The van der Waals surface area contributed by atoms with Crippen LogP contribution in [0, 0.1) is 11.8 Å². The van der Waals surface area contributed by atoms with Crippen LogP contribution in [0.3, 0.4) is 0 Å². The normalized spacial score (nSPS) is 13.9. The molecule has 0 bridgehead atoms. The number of carbonyl (C=O) groups excluding carboxylic acids is 1. The topological polar surface area (TPSA) is 48.4 Å². The van der Waals surface area contributed by atoms with Crippen molar-refractivity contribution in [3.05, 3.63) is 52.8 Å². The maximum Gasteiger partial charge on any atom is 0.305 e. The summed E-state index contributed by atoms with van der Waals surface area (Å²) >= 11 is 5.44. The molecular weight excluding hydrogens is 470 g/mol. The number of unbranched alkanes of at least 4 members (excludes halogenated alkanes) is 1. The minimum atomic E-state index is -0.119. The van der Waals surface area contributed by atoms with E-state index in [4.69, 9.17) is 9.47 Å². The third-order valence-electron chi connectivity index (χ3n) is 5.61. The van der Waals surface area contributed by atoms with Crippen molar-refractivity contribution in [1.82, 2.24) is 4.98 Å². The van der Waals surface area contributed by atoms with Crippen LogP contribution in [0.4, 0.5) is 0 Å². The van der Waals surface area contributed by atoms with E-state index in [1.54, 1.807) is 11.8 Å². The molecule has 1 aliphatic heterocycles. The van der Waals surface area contributed by atoms with Gasteiger partial charge in [0.1, 0.15) is 11.4 Å². The maximum atomic E-state index is 11.4. The number of aromatic nitrogens is 1. The lowest BCUT2D eigenvalue weighted by atomic mass is 10.0. The Balaban J connectivity index is 1.71. The van der Waals surface area contributed by atoms with Gasteiger partial charge in [-0.25, -0.2) is 4.98 Å². The number of ether oxygens (including phenoxy) is 2. The molecule has 176 valence electrons. The van der Waals surface area contributed by atoms with E-state index in [1.165, 1.54) is 5.56 Å². The smallest absolute Gasteiger partial charge is 0.305 e. The Labute approximate surface area is 210 Å². The number of thioether (sulfide) groups is 3. The van der Waals surface area contributed by atoms with Crippen molar-refractivity contribution in [3.63, 3.8) is 0 Å². The first-order chi connectivity index (χ1) is 16.0. The first-order valence-corrected chi connectivity index (χ1v) is 14.8. The number of benzene rings is 1. The Morgan fingerprint density at radius 2 is 2.00 bits per heavy atom. The van der Waals surface area contributed by atoms with Crippen molar-refractivity contribution < 1.29 is 14.3 Å². The predicted octanol–water partition coefficient (Wildman–Crippen LogP) is 6.14. The first-order valence-electron chi connectivity index (χ1n) is 11.1. The molecule has 0 N–H and O–H groups in total. The van der Waals surface area contributed by atoms with Crippen molar-refractivity contribution in [2.45, 2.75) is 48.0 Å². The molecule has 3 rings (SSSR count). The summed E-state index contributed by atoms with van der Waals surface area (Å²) in [6.07, 6.45) is 12.4. The van der Waals surface area contributed by atoms with Crippen LogP contribution in [-0.4, -0.2) is 42.9 Å². The summed E-state index contributed by atoms with van der Waals surface area (Å²) in [6, 6.07) is 8.39. The van der Waals surface area contributed by atoms with Crippen LogP contribution in [-0.2, 0) is 20.0 Å². The summed E-state index contributed by atoms with van der Waals surface area (Å²) < 4.78 is 11.0. The van der Waals surface area contributed by atoms with Crippen LogP contribution in [0.25, 0.3) is 0 Å². The zero-order chi connectivity index (χ0) is 23.7. The quantitative estimate of drug-likeness (QED) is 0.134. The van der Waals surface area contributed by atoms with Gasteiger partial charge in [-0.3, -0.25) is 4.79 Å². The number of fused-ring (bicyclic) bond motifs is 1. The molecule has 33 heavy (non-hydrogen) atoms. The van der Waals surface area contributed by atoms with Crippen molar-refractivity contribution in [1.29, 1.82) is 0 Å². The second kappa shape index (κ2) is 12.6. The minimum Gasteiger partial charge on any atom is -0.493 e. The molecule has 4 nitrogen and oxygen atoms in total. The van der Waals surface area contributed by atoms with E-state index in [0.717, 1.165) is 59.8 Å². The number of carbonyl (C=O) groups is 1. The molecule has 0 amide bonds. The third-order valence-corrected chi connectivity index (χ3v) is 9.56. The predicted molar refractivity (Wildman–Crippen MR) is 141 cm³/mol. The van der Waals surface area contributed by atoms with Gasteiger partial charge in [0.2, 0.25) is 0 Å². The number of nitrogens with zero attached hydrogens (tertiary/aromatic N) is 1. The van der Waals surface area contributed by atoms with Gasteiger partial charge in [0, 0.05) is 35.1 Å². The Bertz CT molecular complexity index is 1010. The number of pyridine rings is 1. The standard InChI is InChI=1S/C26H31NO3S3/c1-5-29-25(28)9-7-6-8-19-10-12-21(27-18-19)13-11-20-16-22-23(17-24(20)31-2)30-15-14-26(22,32-3)33-4/h10,12,16-18H,5-9,14-15H2,1-4H3. The molecule has 0 atom stereocenters. The summed E-state index contributed by atoms with van der Waals surface area (Å²) in [6.45, 7) is 3.02. The highest BCUT2D eigenvalue weighted by molar-refractivity contribution is 8.16. The van der Waals surface area contributed by atoms with Gasteiger partial charge in [0.05, 0.1) is 17.3 Å². The van der Waals surface area contributed by atoms with Crippen LogP contribution in [0.1, 0.15) is 55.0 Å². The molecule has 0 unspecified atom stereocenters. The van der Waals surface area contributed by atoms with Crippen molar-refractivity contribution in [3.8, 4) is 17.6 Å². The van der Waals surface area contributed by atoms with Gasteiger partial charge in [-0.1, -0.05) is 12.0 Å². The van der Waals surface area contributed by atoms with Crippen LogP contribution in [0.5, 0.6) is 5.75 Å². The molecule has 0 radical (unpaired) electrons. The Kier molecular flexibility index (Phi) is 9.91. The fourth-order valence-electron chi connectivity index (χ4n) is 3.79. The fraction of sp³-hybridized carbons (Fsp3) is 0.462. The minimum absolute atomic E-state index is 0.00806. The number of hydrogen-bond donors (Lipinski definition) is 0. The molecule has 0 saturated heterocycles. The van der Waals surface area contributed by atoms with Gasteiger partial charge in [-0.05, 0) is 74.6 Å². The third kappa shape index (κ3) is 6.65. The molecule has 0 spiro atoms. The lowest BCUT2D eigenvalue weighted by Gasteiger charge is -2.36. The van der Waals surface area contributed by atoms with Crippen LogP contribution in [0.2, 0.25) is 0 Å². The van der Waals surface area contributed by atoms with Crippen LogP contribution < -0.4 is 4.74 Å². The van der Waals surface area contributed by atoms with E-state index in [0.29, 0.717) is 13.0 Å².